The third-order valence-corrected chi connectivity index (χ3v) is 3.47. The second kappa shape index (κ2) is 6.05. The minimum Gasteiger partial charge on any atom is -0.391 e. The van der Waals surface area contributed by atoms with Crippen molar-refractivity contribution in [2.45, 2.75) is 31.9 Å². The Hall–Kier alpha value is -1.88. The first-order valence-electron chi connectivity index (χ1n) is 6.81. The molecule has 1 aromatic rings. The molecule has 2 N–H and O–H groups in total. The van der Waals surface area contributed by atoms with Crippen LogP contribution in [-0.2, 0) is 9.59 Å². The standard InChI is InChI=1S/C15H20N2O3/c1-10(18)13(16-14(19)11-8-9-11)15(20)17(2)12-6-4-3-5-7-12/h3-7,10-11,13,18H,8-9H2,1-2H3,(H,16,19). The molecule has 2 unspecified atom stereocenters. The largest absolute Gasteiger partial charge is 0.391 e. The normalized spacial score (nSPS) is 17.1. The number of carbonyl (C=O) groups is 2. The molecule has 1 aliphatic carbocycles. The van der Waals surface area contributed by atoms with Crippen LogP contribution in [0.2, 0.25) is 0 Å². The summed E-state index contributed by atoms with van der Waals surface area (Å²) in [4.78, 5) is 25.7. The molecule has 108 valence electrons. The number of likely N-dealkylation sites (N-methyl/N-ethyl adjacent to an activating group) is 1. The van der Waals surface area contributed by atoms with Gasteiger partial charge < -0.3 is 15.3 Å². The highest BCUT2D eigenvalue weighted by molar-refractivity contribution is 5.99. The zero-order chi connectivity index (χ0) is 14.7. The van der Waals surface area contributed by atoms with Crippen molar-refractivity contribution in [3.05, 3.63) is 30.3 Å². The first kappa shape index (κ1) is 14.5. The highest BCUT2D eigenvalue weighted by Crippen LogP contribution is 2.29. The van der Waals surface area contributed by atoms with Gasteiger partial charge in [-0.2, -0.15) is 0 Å². The van der Waals surface area contributed by atoms with Crippen molar-refractivity contribution < 1.29 is 14.7 Å². The molecular weight excluding hydrogens is 256 g/mol. The number of hydrogen-bond donors (Lipinski definition) is 2. The maximum Gasteiger partial charge on any atom is 0.251 e. The molecule has 0 spiro atoms. The lowest BCUT2D eigenvalue weighted by Gasteiger charge is -2.26. The van der Waals surface area contributed by atoms with Gasteiger partial charge in [0.05, 0.1) is 6.10 Å². The van der Waals surface area contributed by atoms with E-state index in [1.165, 1.54) is 11.8 Å². The van der Waals surface area contributed by atoms with Crippen LogP contribution in [0.15, 0.2) is 30.3 Å². The van der Waals surface area contributed by atoms with Crippen LogP contribution in [0.5, 0.6) is 0 Å². The molecule has 0 radical (unpaired) electrons. The number of para-hydroxylation sites is 1. The van der Waals surface area contributed by atoms with Crippen LogP contribution in [0.3, 0.4) is 0 Å². The quantitative estimate of drug-likeness (QED) is 0.840. The molecular formula is C15H20N2O3. The second-order valence-electron chi connectivity index (χ2n) is 5.23. The van der Waals surface area contributed by atoms with E-state index in [1.807, 2.05) is 18.2 Å². The fourth-order valence-electron chi connectivity index (χ4n) is 1.99. The van der Waals surface area contributed by atoms with E-state index in [-0.39, 0.29) is 17.7 Å². The van der Waals surface area contributed by atoms with Gasteiger partial charge in [-0.25, -0.2) is 0 Å². The first-order chi connectivity index (χ1) is 9.50. The number of aliphatic hydroxyl groups is 1. The monoisotopic (exact) mass is 276 g/mol. The molecule has 0 heterocycles. The van der Waals surface area contributed by atoms with E-state index in [2.05, 4.69) is 5.32 Å². The summed E-state index contributed by atoms with van der Waals surface area (Å²) in [5.74, 6) is -0.461. The third-order valence-electron chi connectivity index (χ3n) is 3.47. The fraction of sp³-hybridized carbons (Fsp3) is 0.467. The Bertz CT molecular complexity index is 483. The van der Waals surface area contributed by atoms with Gasteiger partial charge in [0.1, 0.15) is 6.04 Å². The highest BCUT2D eigenvalue weighted by atomic mass is 16.3. The Morgan fingerprint density at radius 3 is 2.40 bits per heavy atom. The Labute approximate surface area is 118 Å². The van der Waals surface area contributed by atoms with Crippen molar-refractivity contribution in [1.82, 2.24) is 5.32 Å². The van der Waals surface area contributed by atoms with Crippen LogP contribution in [0.1, 0.15) is 19.8 Å². The lowest BCUT2D eigenvalue weighted by molar-refractivity contribution is -0.130. The lowest BCUT2D eigenvalue weighted by atomic mass is 10.1. The predicted octanol–water partition coefficient (Wildman–Crippen LogP) is 0.925. The number of hydrogen-bond acceptors (Lipinski definition) is 3. The summed E-state index contributed by atoms with van der Waals surface area (Å²) < 4.78 is 0. The van der Waals surface area contributed by atoms with Gasteiger partial charge in [-0.1, -0.05) is 18.2 Å². The van der Waals surface area contributed by atoms with Crippen LogP contribution in [0.4, 0.5) is 5.69 Å². The molecule has 20 heavy (non-hydrogen) atoms. The zero-order valence-corrected chi connectivity index (χ0v) is 11.7. The molecule has 0 saturated heterocycles. The van der Waals surface area contributed by atoms with Crippen molar-refractivity contribution in [1.29, 1.82) is 0 Å². The van der Waals surface area contributed by atoms with Crippen LogP contribution in [0, 0.1) is 5.92 Å². The Balaban J connectivity index is 2.08. The van der Waals surface area contributed by atoms with E-state index in [9.17, 15) is 14.7 Å². The number of nitrogens with zero attached hydrogens (tertiary/aromatic N) is 1. The Morgan fingerprint density at radius 1 is 1.30 bits per heavy atom. The van der Waals surface area contributed by atoms with Gasteiger partial charge in [-0.3, -0.25) is 9.59 Å². The number of aliphatic hydroxyl groups excluding tert-OH is 1. The van der Waals surface area contributed by atoms with Crippen molar-refractivity contribution >= 4 is 17.5 Å². The van der Waals surface area contributed by atoms with E-state index < -0.39 is 12.1 Å². The summed E-state index contributed by atoms with van der Waals surface area (Å²) in [6.45, 7) is 1.51. The Kier molecular flexibility index (Phi) is 4.39. The molecule has 2 atom stereocenters. The second-order valence-corrected chi connectivity index (χ2v) is 5.23. The summed E-state index contributed by atoms with van der Waals surface area (Å²) in [6, 6.07) is 8.23. The molecule has 5 heteroatoms. The highest BCUT2D eigenvalue weighted by Gasteiger charge is 2.35. The first-order valence-corrected chi connectivity index (χ1v) is 6.81. The predicted molar refractivity (Wildman–Crippen MR) is 76.2 cm³/mol. The van der Waals surface area contributed by atoms with Crippen molar-refractivity contribution in [2.75, 3.05) is 11.9 Å². The van der Waals surface area contributed by atoms with Crippen molar-refractivity contribution in [3.63, 3.8) is 0 Å². The maximum atomic E-state index is 12.4. The van der Waals surface area contributed by atoms with Crippen molar-refractivity contribution in [2.24, 2.45) is 5.92 Å². The summed E-state index contributed by atoms with van der Waals surface area (Å²) in [7, 11) is 1.64. The van der Waals surface area contributed by atoms with E-state index in [0.717, 1.165) is 18.5 Å². The van der Waals surface area contributed by atoms with Gasteiger partial charge in [0.25, 0.3) is 5.91 Å². The molecule has 5 nitrogen and oxygen atoms in total. The molecule has 1 aliphatic rings. The maximum absolute atomic E-state index is 12.4. The van der Waals surface area contributed by atoms with Gasteiger partial charge in [-0.15, -0.1) is 0 Å². The molecule has 0 aromatic heterocycles. The van der Waals surface area contributed by atoms with E-state index in [1.54, 1.807) is 19.2 Å². The van der Waals surface area contributed by atoms with Crippen LogP contribution >= 0.6 is 0 Å². The van der Waals surface area contributed by atoms with Crippen molar-refractivity contribution in [3.8, 4) is 0 Å². The summed E-state index contributed by atoms with van der Waals surface area (Å²) >= 11 is 0. The van der Waals surface area contributed by atoms with Crippen LogP contribution in [0.25, 0.3) is 0 Å². The third kappa shape index (κ3) is 3.36. The molecule has 2 amide bonds. The molecule has 0 aliphatic heterocycles. The molecule has 2 rings (SSSR count). The van der Waals surface area contributed by atoms with Gasteiger partial charge in [0.2, 0.25) is 5.91 Å². The average Bonchev–Trinajstić information content (AvgIpc) is 3.28. The fourth-order valence-corrected chi connectivity index (χ4v) is 1.99. The van der Waals surface area contributed by atoms with Gasteiger partial charge in [0, 0.05) is 18.7 Å². The van der Waals surface area contributed by atoms with E-state index in [0.29, 0.717) is 0 Å². The van der Waals surface area contributed by atoms with Crippen LogP contribution < -0.4 is 10.2 Å². The van der Waals surface area contributed by atoms with E-state index >= 15 is 0 Å². The lowest BCUT2D eigenvalue weighted by Crippen LogP contribution is -2.53. The van der Waals surface area contributed by atoms with Gasteiger partial charge in [-0.05, 0) is 31.9 Å². The zero-order valence-electron chi connectivity index (χ0n) is 11.7. The summed E-state index contributed by atoms with van der Waals surface area (Å²) in [5, 5.41) is 12.4. The minimum atomic E-state index is -0.934. The number of rotatable bonds is 5. The molecule has 1 saturated carbocycles. The van der Waals surface area contributed by atoms with Gasteiger partial charge in [0.15, 0.2) is 0 Å². The van der Waals surface area contributed by atoms with Crippen LogP contribution in [-0.4, -0.2) is 36.1 Å². The van der Waals surface area contributed by atoms with E-state index in [4.69, 9.17) is 0 Å². The molecule has 1 fully saturated rings. The molecule has 0 bridgehead atoms. The number of nitrogens with one attached hydrogen (secondary N) is 1. The minimum absolute atomic E-state index is 0.00563. The van der Waals surface area contributed by atoms with Gasteiger partial charge >= 0.3 is 0 Å². The summed E-state index contributed by atoms with van der Waals surface area (Å²) in [6.07, 6.45) is 0.790. The smallest absolute Gasteiger partial charge is 0.251 e. The number of anilines is 1. The number of benzene rings is 1. The topological polar surface area (TPSA) is 69.6 Å². The SMILES string of the molecule is CC(O)C(NC(=O)C1CC1)C(=O)N(C)c1ccccc1. The Morgan fingerprint density at radius 2 is 1.90 bits per heavy atom. The number of amides is 2. The molecule has 1 aromatic carbocycles. The number of carbonyl (C=O) groups excluding carboxylic acids is 2. The average molecular weight is 276 g/mol. The summed E-state index contributed by atoms with van der Waals surface area (Å²) in [5.41, 5.74) is 0.726.